The number of azide groups is 1. The van der Waals surface area contributed by atoms with E-state index in [9.17, 15) is 14.6 Å². The van der Waals surface area contributed by atoms with Gasteiger partial charge in [0.15, 0.2) is 0 Å². The summed E-state index contributed by atoms with van der Waals surface area (Å²) >= 11 is 0. The van der Waals surface area contributed by atoms with Crippen molar-refractivity contribution in [3.63, 3.8) is 0 Å². The second kappa shape index (κ2) is 6.20. The number of hydrogen-bond donors (Lipinski definition) is 3. The molecule has 0 bridgehead atoms. The third-order valence-corrected chi connectivity index (χ3v) is 2.72. The zero-order valence-corrected chi connectivity index (χ0v) is 9.91. The number of nitrogens with zero attached hydrogens (tertiary/aromatic N) is 3. The fourth-order valence-electron chi connectivity index (χ4n) is 1.63. The summed E-state index contributed by atoms with van der Waals surface area (Å²) in [6.07, 6.45) is -2.33. The molecule has 1 aromatic carbocycles. The van der Waals surface area contributed by atoms with Crippen molar-refractivity contribution in [3.05, 3.63) is 39.5 Å². The van der Waals surface area contributed by atoms with E-state index in [4.69, 9.17) is 11.3 Å². The Morgan fingerprint density at radius 2 is 2.17 bits per heavy atom. The highest BCUT2D eigenvalue weighted by molar-refractivity contribution is 5.51. The van der Waals surface area contributed by atoms with E-state index < -0.39 is 18.0 Å². The van der Waals surface area contributed by atoms with Crippen molar-refractivity contribution in [3.8, 4) is 0 Å². The van der Waals surface area contributed by atoms with E-state index in [0.717, 1.165) is 12.1 Å². The van der Waals surface area contributed by atoms with Crippen molar-refractivity contribution < 1.29 is 14.6 Å². The molecule has 0 fully saturated rings. The van der Waals surface area contributed by atoms with Crippen molar-refractivity contribution in [2.24, 2.45) is 5.11 Å². The molecule has 0 saturated carbocycles. The largest absolute Gasteiger partial charge is 0.398 e. The Kier molecular flexibility index (Phi) is 4.91. The van der Waals surface area contributed by atoms with E-state index >= 15 is 0 Å². The highest BCUT2D eigenvalue weighted by Crippen LogP contribution is 2.27. The van der Waals surface area contributed by atoms with Crippen LogP contribution in [0.2, 0.25) is 0 Å². The van der Waals surface area contributed by atoms with Crippen LogP contribution in [-0.2, 0) is 0 Å². The van der Waals surface area contributed by atoms with Gasteiger partial charge < -0.3 is 15.9 Å². The minimum atomic E-state index is -1.27. The molecule has 6 nitrogen and oxygen atoms in total. The maximum Gasteiger partial charge on any atom is 0.125 e. The second-order valence-electron chi connectivity index (χ2n) is 3.96. The van der Waals surface area contributed by atoms with Gasteiger partial charge >= 0.3 is 0 Å². The Hall–Kier alpha value is -1.82. The number of benzene rings is 1. The molecule has 0 radical (unpaired) electrons. The number of anilines is 1. The Labute approximate surface area is 103 Å². The number of hydrogen-bond acceptors (Lipinski definition) is 4. The summed E-state index contributed by atoms with van der Waals surface area (Å²) in [5.41, 5.74) is 14.7. The molecule has 0 aliphatic heterocycles. The van der Waals surface area contributed by atoms with Gasteiger partial charge in [-0.2, -0.15) is 0 Å². The lowest BCUT2D eigenvalue weighted by Crippen LogP contribution is -2.20. The van der Waals surface area contributed by atoms with Crippen LogP contribution >= 0.6 is 0 Å². The average molecular weight is 254 g/mol. The van der Waals surface area contributed by atoms with Crippen molar-refractivity contribution >= 4 is 5.69 Å². The van der Waals surface area contributed by atoms with Crippen LogP contribution in [0, 0.1) is 12.7 Å². The predicted octanol–water partition coefficient (Wildman–Crippen LogP) is 1.81. The first-order valence-electron chi connectivity index (χ1n) is 5.40. The third-order valence-electron chi connectivity index (χ3n) is 2.72. The van der Waals surface area contributed by atoms with Crippen LogP contribution in [0.5, 0.6) is 0 Å². The summed E-state index contributed by atoms with van der Waals surface area (Å²) in [6, 6.07) is 2.28. The van der Waals surface area contributed by atoms with Crippen LogP contribution in [0.1, 0.15) is 23.7 Å². The van der Waals surface area contributed by atoms with Crippen LogP contribution in [0.4, 0.5) is 10.1 Å². The predicted molar refractivity (Wildman–Crippen MR) is 65.1 cm³/mol. The van der Waals surface area contributed by atoms with E-state index in [1.165, 1.54) is 0 Å². The molecule has 0 spiro atoms. The lowest BCUT2D eigenvalue weighted by atomic mass is 9.96. The van der Waals surface area contributed by atoms with Gasteiger partial charge in [0.05, 0.1) is 6.10 Å². The van der Waals surface area contributed by atoms with Gasteiger partial charge in [-0.25, -0.2) is 4.39 Å². The fourth-order valence-corrected chi connectivity index (χ4v) is 1.63. The quantitative estimate of drug-likeness (QED) is 0.322. The number of nitrogen functional groups attached to an aromatic ring is 1. The van der Waals surface area contributed by atoms with Gasteiger partial charge in [-0.3, -0.25) is 0 Å². The topological polar surface area (TPSA) is 115 Å². The molecule has 0 saturated heterocycles. The van der Waals surface area contributed by atoms with Gasteiger partial charge in [-0.05, 0) is 42.1 Å². The number of nitrogens with two attached hydrogens (primary N) is 1. The van der Waals surface area contributed by atoms with Gasteiger partial charge in [0.25, 0.3) is 0 Å². The zero-order chi connectivity index (χ0) is 13.7. The number of aliphatic hydroxyl groups is 2. The second-order valence-corrected chi connectivity index (χ2v) is 3.96. The molecule has 7 heteroatoms. The minimum Gasteiger partial charge on any atom is -0.398 e. The molecule has 1 aromatic rings. The number of rotatable bonds is 5. The van der Waals surface area contributed by atoms with E-state index in [0.29, 0.717) is 5.56 Å². The van der Waals surface area contributed by atoms with Crippen molar-refractivity contribution in [1.29, 1.82) is 0 Å². The van der Waals surface area contributed by atoms with Crippen LogP contribution in [0.15, 0.2) is 17.2 Å². The number of aliphatic hydroxyl groups excluding tert-OH is 2. The van der Waals surface area contributed by atoms with Gasteiger partial charge in [0.2, 0.25) is 0 Å². The average Bonchev–Trinajstić information content (AvgIpc) is 2.33. The molecule has 2 unspecified atom stereocenters. The van der Waals surface area contributed by atoms with Crippen LogP contribution < -0.4 is 5.73 Å². The van der Waals surface area contributed by atoms with Gasteiger partial charge in [-0.15, -0.1) is 0 Å². The van der Waals surface area contributed by atoms with E-state index in [2.05, 4.69) is 10.0 Å². The molecule has 4 N–H and O–H groups in total. The van der Waals surface area contributed by atoms with Crippen LogP contribution in [0.25, 0.3) is 10.4 Å². The molecular formula is C11H15FN4O2. The normalized spacial score (nSPS) is 13.8. The van der Waals surface area contributed by atoms with E-state index in [1.807, 2.05) is 0 Å². The lowest BCUT2D eigenvalue weighted by molar-refractivity contribution is 0.0145. The maximum atomic E-state index is 13.2. The highest BCUT2D eigenvalue weighted by atomic mass is 19.1. The molecule has 0 aromatic heterocycles. The van der Waals surface area contributed by atoms with Crippen molar-refractivity contribution in [2.75, 3.05) is 12.3 Å². The highest BCUT2D eigenvalue weighted by Gasteiger charge is 2.21. The molecule has 2 atom stereocenters. The first-order valence-corrected chi connectivity index (χ1v) is 5.40. The molecule has 0 amide bonds. The Balaban J connectivity index is 2.89. The maximum absolute atomic E-state index is 13.2. The summed E-state index contributed by atoms with van der Waals surface area (Å²) in [7, 11) is 0. The van der Waals surface area contributed by atoms with E-state index in [1.54, 1.807) is 6.92 Å². The Bertz CT molecular complexity index is 474. The third kappa shape index (κ3) is 3.33. The van der Waals surface area contributed by atoms with Crippen LogP contribution in [-0.4, -0.2) is 22.9 Å². The number of halogens is 1. The molecule has 0 aliphatic rings. The monoisotopic (exact) mass is 254 g/mol. The summed E-state index contributed by atoms with van der Waals surface area (Å²) in [6.45, 7) is 1.69. The van der Waals surface area contributed by atoms with Crippen molar-refractivity contribution in [2.45, 2.75) is 25.6 Å². The SMILES string of the molecule is Cc1c(N)cc(F)cc1C(O)C(O)CCN=[N+]=[N-]. The first-order chi connectivity index (χ1) is 8.47. The van der Waals surface area contributed by atoms with Gasteiger partial charge in [0.1, 0.15) is 11.9 Å². The Morgan fingerprint density at radius 1 is 1.50 bits per heavy atom. The van der Waals surface area contributed by atoms with Crippen molar-refractivity contribution in [1.82, 2.24) is 0 Å². The molecular weight excluding hydrogens is 239 g/mol. The van der Waals surface area contributed by atoms with Gasteiger partial charge in [0, 0.05) is 17.1 Å². The molecule has 1 rings (SSSR count). The molecule has 18 heavy (non-hydrogen) atoms. The summed E-state index contributed by atoms with van der Waals surface area (Å²) in [4.78, 5) is 2.54. The first kappa shape index (κ1) is 14.2. The van der Waals surface area contributed by atoms with Gasteiger partial charge in [-0.1, -0.05) is 5.11 Å². The lowest BCUT2D eigenvalue weighted by Gasteiger charge is -2.20. The summed E-state index contributed by atoms with van der Waals surface area (Å²) in [5.74, 6) is -0.575. The standard InChI is InChI=1S/C11H15FN4O2/c1-6-8(4-7(12)5-9(6)13)11(18)10(17)2-3-15-16-14/h4-5,10-11,17-18H,2-3,13H2,1H3. The van der Waals surface area contributed by atoms with E-state index in [-0.39, 0.29) is 24.2 Å². The zero-order valence-electron chi connectivity index (χ0n) is 9.91. The summed E-state index contributed by atoms with van der Waals surface area (Å²) < 4.78 is 13.2. The molecule has 0 aliphatic carbocycles. The molecule has 98 valence electrons. The minimum absolute atomic E-state index is 0.0541. The molecule has 0 heterocycles. The summed E-state index contributed by atoms with van der Waals surface area (Å²) in [5, 5.41) is 22.9. The Morgan fingerprint density at radius 3 is 2.78 bits per heavy atom. The smallest absolute Gasteiger partial charge is 0.125 e. The van der Waals surface area contributed by atoms with Crippen LogP contribution in [0.3, 0.4) is 0 Å². The fraction of sp³-hybridized carbons (Fsp3) is 0.455.